The van der Waals surface area contributed by atoms with Gasteiger partial charge < -0.3 is 15.1 Å². The summed E-state index contributed by atoms with van der Waals surface area (Å²) in [7, 11) is 0. The minimum absolute atomic E-state index is 0.0329. The summed E-state index contributed by atoms with van der Waals surface area (Å²) in [5.41, 5.74) is 0.337. The molecule has 0 unspecified atom stereocenters. The van der Waals surface area contributed by atoms with E-state index in [-0.39, 0.29) is 29.5 Å². The standard InChI is InChI=1S/C26H28FN5O3/c27-23-6-5-18(17-32-26(35)21-4-2-1-3-20(21)16-29-32)15-22(23)25(34)31-13-11-30(12-14-31)24(33)19-7-9-28-10-8-19/h1-6,15-16,19,28H,7-14,17H2. The molecule has 2 amide bonds. The number of hydrogen-bond donors (Lipinski definition) is 1. The third kappa shape index (κ3) is 4.81. The van der Waals surface area contributed by atoms with Crippen LogP contribution in [0.4, 0.5) is 4.39 Å². The number of carbonyl (C=O) groups is 2. The normalized spacial score (nSPS) is 17.1. The molecule has 3 aromatic rings. The van der Waals surface area contributed by atoms with E-state index in [2.05, 4.69) is 10.4 Å². The van der Waals surface area contributed by atoms with Crippen molar-refractivity contribution in [2.75, 3.05) is 39.3 Å². The first-order valence-electron chi connectivity index (χ1n) is 12.0. The van der Waals surface area contributed by atoms with Gasteiger partial charge in [-0.2, -0.15) is 5.10 Å². The van der Waals surface area contributed by atoms with E-state index in [0.29, 0.717) is 37.1 Å². The average Bonchev–Trinajstić information content (AvgIpc) is 2.91. The zero-order valence-corrected chi connectivity index (χ0v) is 19.5. The minimum atomic E-state index is -0.606. The van der Waals surface area contributed by atoms with Crippen molar-refractivity contribution in [3.8, 4) is 0 Å². The van der Waals surface area contributed by atoms with Crippen molar-refractivity contribution in [1.82, 2.24) is 24.9 Å². The van der Waals surface area contributed by atoms with Gasteiger partial charge in [-0.25, -0.2) is 9.07 Å². The van der Waals surface area contributed by atoms with Crippen molar-refractivity contribution < 1.29 is 14.0 Å². The number of piperidine rings is 1. The van der Waals surface area contributed by atoms with E-state index in [1.54, 1.807) is 29.3 Å². The highest BCUT2D eigenvalue weighted by molar-refractivity contribution is 5.95. The Balaban J connectivity index is 1.28. The smallest absolute Gasteiger partial charge is 0.274 e. The fraction of sp³-hybridized carbons (Fsp3) is 0.385. The molecular weight excluding hydrogens is 449 g/mol. The first-order chi connectivity index (χ1) is 17.0. The number of halogens is 1. The summed E-state index contributed by atoms with van der Waals surface area (Å²) in [4.78, 5) is 42.1. The Bertz CT molecular complexity index is 1310. The highest BCUT2D eigenvalue weighted by Gasteiger charge is 2.30. The maximum atomic E-state index is 14.6. The van der Waals surface area contributed by atoms with Crippen LogP contribution in [0.3, 0.4) is 0 Å². The largest absolute Gasteiger partial charge is 0.339 e. The highest BCUT2D eigenvalue weighted by Crippen LogP contribution is 2.19. The van der Waals surface area contributed by atoms with E-state index in [1.165, 1.54) is 16.8 Å². The van der Waals surface area contributed by atoms with Gasteiger partial charge in [0.05, 0.1) is 23.7 Å². The average molecular weight is 478 g/mol. The van der Waals surface area contributed by atoms with E-state index in [9.17, 15) is 18.8 Å². The molecule has 3 heterocycles. The lowest BCUT2D eigenvalue weighted by Crippen LogP contribution is -2.52. The van der Waals surface area contributed by atoms with Gasteiger partial charge in [0.25, 0.3) is 11.5 Å². The van der Waals surface area contributed by atoms with Crippen LogP contribution >= 0.6 is 0 Å². The summed E-state index contributed by atoms with van der Waals surface area (Å²) in [5.74, 6) is -0.817. The topological polar surface area (TPSA) is 87.5 Å². The molecular formula is C26H28FN5O3. The molecule has 2 aliphatic heterocycles. The molecule has 0 atom stereocenters. The van der Waals surface area contributed by atoms with E-state index in [1.807, 2.05) is 17.0 Å². The number of piperazine rings is 1. The molecule has 2 aliphatic rings. The summed E-state index contributed by atoms with van der Waals surface area (Å²) in [5, 5.41) is 8.80. The van der Waals surface area contributed by atoms with Gasteiger partial charge in [-0.1, -0.05) is 24.3 Å². The van der Waals surface area contributed by atoms with Crippen molar-refractivity contribution in [2.24, 2.45) is 5.92 Å². The minimum Gasteiger partial charge on any atom is -0.339 e. The van der Waals surface area contributed by atoms with Crippen LogP contribution in [0.2, 0.25) is 0 Å². The van der Waals surface area contributed by atoms with Gasteiger partial charge in [0, 0.05) is 37.5 Å². The summed E-state index contributed by atoms with van der Waals surface area (Å²) in [6.45, 7) is 3.47. The molecule has 8 nitrogen and oxygen atoms in total. The molecule has 35 heavy (non-hydrogen) atoms. The van der Waals surface area contributed by atoms with Gasteiger partial charge in [0.1, 0.15) is 5.82 Å². The summed E-state index contributed by atoms with van der Waals surface area (Å²) < 4.78 is 16.0. The Labute approximate surface area is 202 Å². The van der Waals surface area contributed by atoms with E-state index >= 15 is 0 Å². The maximum Gasteiger partial charge on any atom is 0.274 e. The van der Waals surface area contributed by atoms with Crippen molar-refractivity contribution in [3.63, 3.8) is 0 Å². The quantitative estimate of drug-likeness (QED) is 0.620. The molecule has 1 N–H and O–H groups in total. The third-order valence-electron chi connectivity index (χ3n) is 6.92. The van der Waals surface area contributed by atoms with Crippen LogP contribution in [0.15, 0.2) is 53.5 Å². The number of nitrogens with zero attached hydrogens (tertiary/aromatic N) is 4. The highest BCUT2D eigenvalue weighted by atomic mass is 19.1. The fourth-order valence-electron chi connectivity index (χ4n) is 4.88. The Morgan fingerprint density at radius 1 is 1.00 bits per heavy atom. The van der Waals surface area contributed by atoms with Gasteiger partial charge in [0.15, 0.2) is 0 Å². The monoisotopic (exact) mass is 477 g/mol. The van der Waals surface area contributed by atoms with Gasteiger partial charge >= 0.3 is 0 Å². The number of hydrogen-bond acceptors (Lipinski definition) is 5. The maximum absolute atomic E-state index is 14.6. The molecule has 0 radical (unpaired) electrons. The SMILES string of the molecule is O=C(c1cc(Cn2ncc3ccccc3c2=O)ccc1F)N1CCN(C(=O)C2CCNCC2)CC1. The predicted molar refractivity (Wildman–Crippen MR) is 130 cm³/mol. The second-order valence-corrected chi connectivity index (χ2v) is 9.15. The third-order valence-corrected chi connectivity index (χ3v) is 6.92. The van der Waals surface area contributed by atoms with Crippen LogP contribution in [0.1, 0.15) is 28.8 Å². The van der Waals surface area contributed by atoms with Crippen LogP contribution in [0.25, 0.3) is 10.8 Å². The number of aromatic nitrogens is 2. The fourth-order valence-corrected chi connectivity index (χ4v) is 4.88. The zero-order chi connectivity index (χ0) is 24.4. The molecule has 182 valence electrons. The number of benzene rings is 2. The molecule has 5 rings (SSSR count). The number of amides is 2. The zero-order valence-electron chi connectivity index (χ0n) is 19.5. The van der Waals surface area contributed by atoms with Crippen LogP contribution < -0.4 is 10.9 Å². The number of fused-ring (bicyclic) bond motifs is 1. The van der Waals surface area contributed by atoms with Gasteiger partial charge in [-0.15, -0.1) is 0 Å². The molecule has 0 aliphatic carbocycles. The van der Waals surface area contributed by atoms with E-state index in [0.717, 1.165) is 31.3 Å². The first kappa shape index (κ1) is 23.2. The van der Waals surface area contributed by atoms with E-state index < -0.39 is 11.7 Å². The number of carbonyl (C=O) groups excluding carboxylic acids is 2. The van der Waals surface area contributed by atoms with E-state index in [4.69, 9.17) is 0 Å². The molecule has 9 heteroatoms. The molecule has 2 aromatic carbocycles. The van der Waals surface area contributed by atoms with Crippen LogP contribution in [-0.4, -0.2) is 70.7 Å². The summed E-state index contributed by atoms with van der Waals surface area (Å²) in [6, 6.07) is 11.5. The van der Waals surface area contributed by atoms with Crippen molar-refractivity contribution >= 4 is 22.6 Å². The van der Waals surface area contributed by atoms with Crippen LogP contribution in [0, 0.1) is 11.7 Å². The molecule has 2 saturated heterocycles. The Hall–Kier alpha value is -3.59. The summed E-state index contributed by atoms with van der Waals surface area (Å²) >= 11 is 0. The molecule has 1 aromatic heterocycles. The summed E-state index contributed by atoms with van der Waals surface area (Å²) in [6.07, 6.45) is 3.30. The van der Waals surface area contributed by atoms with Gasteiger partial charge in [0.2, 0.25) is 5.91 Å². The van der Waals surface area contributed by atoms with Crippen molar-refractivity contribution in [1.29, 1.82) is 0 Å². The van der Waals surface area contributed by atoms with Gasteiger partial charge in [-0.3, -0.25) is 14.4 Å². The predicted octanol–water partition coefficient (Wildman–Crippen LogP) is 1.87. The molecule has 0 bridgehead atoms. The van der Waals surface area contributed by atoms with Crippen molar-refractivity contribution in [3.05, 3.63) is 76.0 Å². The Morgan fingerprint density at radius 3 is 2.49 bits per heavy atom. The Kier molecular flexibility index (Phi) is 6.59. The lowest BCUT2D eigenvalue weighted by Gasteiger charge is -2.37. The molecule has 0 spiro atoms. The Morgan fingerprint density at radius 2 is 1.71 bits per heavy atom. The molecule has 2 fully saturated rings. The number of nitrogens with one attached hydrogen (secondary N) is 1. The lowest BCUT2D eigenvalue weighted by atomic mass is 9.96. The molecule has 0 saturated carbocycles. The second kappa shape index (κ2) is 9.95. The second-order valence-electron chi connectivity index (χ2n) is 9.15. The van der Waals surface area contributed by atoms with Crippen LogP contribution in [0.5, 0.6) is 0 Å². The van der Waals surface area contributed by atoms with Crippen LogP contribution in [-0.2, 0) is 11.3 Å². The van der Waals surface area contributed by atoms with Gasteiger partial charge in [-0.05, 0) is 49.7 Å². The van der Waals surface area contributed by atoms with Crippen molar-refractivity contribution in [2.45, 2.75) is 19.4 Å². The lowest BCUT2D eigenvalue weighted by molar-refractivity contribution is -0.137. The number of rotatable bonds is 4. The first-order valence-corrected chi connectivity index (χ1v) is 12.0.